The van der Waals surface area contributed by atoms with Crippen molar-refractivity contribution in [1.82, 2.24) is 9.79 Å². The van der Waals surface area contributed by atoms with Gasteiger partial charge in [0.1, 0.15) is 4.88 Å². The molecule has 0 aliphatic heterocycles. The van der Waals surface area contributed by atoms with E-state index in [2.05, 4.69) is 5.23 Å². The van der Waals surface area contributed by atoms with Crippen molar-refractivity contribution >= 4 is 36.5 Å². The van der Waals surface area contributed by atoms with E-state index in [4.69, 9.17) is 0 Å². The number of hydrogen-bond donors (Lipinski definition) is 1. The molecule has 2 aromatic heterocycles. The Balaban J connectivity index is 2.08. The Labute approximate surface area is 141 Å². The number of carbonyl (C=O) groups is 2. The average molecular weight is 357 g/mol. The predicted molar refractivity (Wildman–Crippen MR) is 88.4 cm³/mol. The summed E-state index contributed by atoms with van der Waals surface area (Å²) in [6.07, 6.45) is -2.15. The maximum atomic E-state index is 12.6. The van der Waals surface area contributed by atoms with E-state index < -0.39 is 11.1 Å². The number of nitrogens with one attached hydrogen (secondary N) is 1. The second kappa shape index (κ2) is 7.12. The van der Waals surface area contributed by atoms with Crippen LogP contribution in [0.4, 0.5) is 18.2 Å². The molecule has 24 heavy (non-hydrogen) atoms. The molecule has 0 aromatic carbocycles. The summed E-state index contributed by atoms with van der Waals surface area (Å²) >= 11 is 0.665. The smallest absolute Gasteiger partial charge is 0.402 e. The Kier molecular flexibility index (Phi) is 5.38. The number of aromatic nitrogens is 1. The fourth-order valence-electron chi connectivity index (χ4n) is 2.19. The van der Waals surface area contributed by atoms with Crippen LogP contribution in [0.3, 0.4) is 0 Å². The van der Waals surface area contributed by atoms with E-state index in [1.807, 2.05) is 0 Å². The lowest BCUT2D eigenvalue weighted by atomic mass is 10.2. The standard InChI is InChI=1S/C14H15BF3N3O2S/c1-20(12-3-2-11(24-12)14(16,17)18)6-7-21-5-4-9(10(21)8-22)13(23)19-15/h2-5,8H,6-7,15H2,1H3,(H,19,23). The third-order valence-electron chi connectivity index (χ3n) is 3.51. The van der Waals surface area contributed by atoms with E-state index in [1.54, 1.807) is 22.7 Å². The SMILES string of the molecule is BNC(=O)c1ccn(CCN(C)c2ccc(C(F)(F)F)s2)c1C=O. The molecule has 0 radical (unpaired) electrons. The van der Waals surface area contributed by atoms with Gasteiger partial charge in [0, 0.05) is 26.3 Å². The lowest BCUT2D eigenvalue weighted by Gasteiger charge is -2.18. The number of likely N-dealkylation sites (N-methyl/N-ethyl adjacent to an activating group) is 1. The van der Waals surface area contributed by atoms with Gasteiger partial charge in [-0.15, -0.1) is 11.3 Å². The number of rotatable bonds is 6. The van der Waals surface area contributed by atoms with Gasteiger partial charge >= 0.3 is 6.18 Å². The van der Waals surface area contributed by atoms with Crippen molar-refractivity contribution < 1.29 is 22.8 Å². The summed E-state index contributed by atoms with van der Waals surface area (Å²) in [4.78, 5) is 23.9. The Morgan fingerprint density at radius 2 is 2.12 bits per heavy atom. The summed E-state index contributed by atoms with van der Waals surface area (Å²) in [5.41, 5.74) is 0.510. The van der Waals surface area contributed by atoms with E-state index in [-0.39, 0.29) is 17.2 Å². The minimum absolute atomic E-state index is 0.241. The average Bonchev–Trinajstić information content (AvgIpc) is 3.17. The number of carbonyl (C=O) groups excluding carboxylic acids is 2. The van der Waals surface area contributed by atoms with Crippen molar-refractivity contribution in [3.05, 3.63) is 40.5 Å². The van der Waals surface area contributed by atoms with Crippen molar-refractivity contribution in [3.8, 4) is 0 Å². The quantitative estimate of drug-likeness (QED) is 0.634. The summed E-state index contributed by atoms with van der Waals surface area (Å²) in [6.45, 7) is 0.751. The largest absolute Gasteiger partial charge is 0.425 e. The highest BCUT2D eigenvalue weighted by atomic mass is 32.1. The molecule has 0 atom stereocenters. The third-order valence-corrected chi connectivity index (χ3v) is 4.76. The van der Waals surface area contributed by atoms with Crippen LogP contribution >= 0.6 is 11.3 Å². The molecule has 0 saturated carbocycles. The van der Waals surface area contributed by atoms with Gasteiger partial charge in [-0.1, -0.05) is 0 Å². The topological polar surface area (TPSA) is 54.3 Å². The van der Waals surface area contributed by atoms with E-state index in [9.17, 15) is 22.8 Å². The molecule has 0 fully saturated rings. The summed E-state index contributed by atoms with van der Waals surface area (Å²) in [5, 5.41) is 2.93. The lowest BCUT2D eigenvalue weighted by Crippen LogP contribution is -2.24. The van der Waals surface area contributed by atoms with Crippen LogP contribution < -0.4 is 10.1 Å². The van der Waals surface area contributed by atoms with E-state index in [1.165, 1.54) is 20.1 Å². The van der Waals surface area contributed by atoms with Gasteiger partial charge in [-0.25, -0.2) is 0 Å². The number of hydrogen-bond acceptors (Lipinski definition) is 4. The second-order valence-electron chi connectivity index (χ2n) is 5.06. The van der Waals surface area contributed by atoms with E-state index >= 15 is 0 Å². The van der Waals surface area contributed by atoms with Crippen molar-refractivity contribution in [2.45, 2.75) is 12.7 Å². The third kappa shape index (κ3) is 3.81. The molecule has 10 heteroatoms. The fraction of sp³-hybridized carbons (Fsp3) is 0.286. The highest BCUT2D eigenvalue weighted by Gasteiger charge is 2.32. The zero-order chi connectivity index (χ0) is 17.9. The van der Waals surface area contributed by atoms with Crippen LogP contribution in [0.25, 0.3) is 0 Å². The summed E-state index contributed by atoms with van der Waals surface area (Å²) in [7, 11) is 3.15. The molecule has 1 N–H and O–H groups in total. The molecule has 2 rings (SSSR count). The van der Waals surface area contributed by atoms with Crippen molar-refractivity contribution in [3.63, 3.8) is 0 Å². The summed E-state index contributed by atoms with van der Waals surface area (Å²) in [6, 6.07) is 4.00. The van der Waals surface area contributed by atoms with E-state index in [0.29, 0.717) is 35.7 Å². The van der Waals surface area contributed by atoms with Gasteiger partial charge < -0.3 is 14.7 Å². The van der Waals surface area contributed by atoms with Gasteiger partial charge in [0.15, 0.2) is 6.29 Å². The molecular formula is C14H15BF3N3O2S. The van der Waals surface area contributed by atoms with E-state index in [0.717, 1.165) is 6.07 Å². The molecule has 0 saturated heterocycles. The number of thiophene rings is 1. The maximum absolute atomic E-state index is 12.6. The molecule has 0 unspecified atom stereocenters. The first-order valence-corrected chi connectivity index (χ1v) is 7.84. The Hall–Kier alpha value is -2.23. The molecule has 1 amide bonds. The number of halogens is 3. The van der Waals surface area contributed by atoms with Gasteiger partial charge in [-0.05, 0) is 18.2 Å². The number of alkyl halides is 3. The summed E-state index contributed by atoms with van der Waals surface area (Å²) in [5.74, 6) is -0.364. The van der Waals surface area contributed by atoms with Crippen LogP contribution in [0.15, 0.2) is 24.4 Å². The first-order valence-electron chi connectivity index (χ1n) is 7.02. The monoisotopic (exact) mass is 357 g/mol. The van der Waals surface area contributed by atoms with Crippen LogP contribution in [-0.4, -0.2) is 38.3 Å². The second-order valence-corrected chi connectivity index (χ2v) is 6.12. The molecule has 5 nitrogen and oxygen atoms in total. The van der Waals surface area contributed by atoms with Gasteiger partial charge in [-0.2, -0.15) is 13.2 Å². The number of amides is 1. The maximum Gasteiger partial charge on any atom is 0.425 e. The Morgan fingerprint density at radius 3 is 2.67 bits per heavy atom. The zero-order valence-electron chi connectivity index (χ0n) is 13.1. The lowest BCUT2D eigenvalue weighted by molar-refractivity contribution is -0.134. The van der Waals surface area contributed by atoms with Crippen molar-refractivity contribution in [2.24, 2.45) is 0 Å². The molecule has 2 heterocycles. The van der Waals surface area contributed by atoms with Crippen LogP contribution in [0.2, 0.25) is 0 Å². The van der Waals surface area contributed by atoms with Gasteiger partial charge in [0.05, 0.1) is 16.3 Å². The zero-order valence-corrected chi connectivity index (χ0v) is 13.9. The molecule has 128 valence electrons. The minimum atomic E-state index is -4.35. The number of aldehydes is 1. The molecule has 2 aromatic rings. The highest BCUT2D eigenvalue weighted by Crippen LogP contribution is 2.37. The molecule has 0 spiro atoms. The van der Waals surface area contributed by atoms with Crippen molar-refractivity contribution in [1.29, 1.82) is 0 Å². The minimum Gasteiger partial charge on any atom is -0.402 e. The highest BCUT2D eigenvalue weighted by molar-refractivity contribution is 7.16. The molecule has 0 bridgehead atoms. The molecule has 0 aliphatic rings. The van der Waals surface area contributed by atoms with Crippen LogP contribution in [0.5, 0.6) is 0 Å². The number of nitrogens with zero attached hydrogens (tertiary/aromatic N) is 2. The fourth-order valence-corrected chi connectivity index (χ4v) is 3.05. The van der Waals surface area contributed by atoms with Gasteiger partial charge in [0.25, 0.3) is 0 Å². The normalized spacial score (nSPS) is 11.3. The van der Waals surface area contributed by atoms with Crippen LogP contribution in [0, 0.1) is 0 Å². The van der Waals surface area contributed by atoms with Crippen LogP contribution in [0.1, 0.15) is 25.7 Å². The van der Waals surface area contributed by atoms with Crippen LogP contribution in [-0.2, 0) is 12.7 Å². The first kappa shape index (κ1) is 18.1. The molecule has 0 aliphatic carbocycles. The molecular weight excluding hydrogens is 342 g/mol. The van der Waals surface area contributed by atoms with Crippen molar-refractivity contribution in [2.75, 3.05) is 18.5 Å². The number of anilines is 1. The Bertz CT molecular complexity index is 742. The van der Waals surface area contributed by atoms with Gasteiger partial charge in [-0.3, -0.25) is 9.59 Å². The Morgan fingerprint density at radius 1 is 1.42 bits per heavy atom. The first-order chi connectivity index (χ1) is 11.3. The van der Waals surface area contributed by atoms with Gasteiger partial charge in [0.2, 0.25) is 13.9 Å². The summed E-state index contributed by atoms with van der Waals surface area (Å²) < 4.78 is 39.5. The predicted octanol–water partition coefficient (Wildman–Crippen LogP) is 1.80.